The Kier molecular flexibility index (Phi) is 6.46. The highest BCUT2D eigenvalue weighted by molar-refractivity contribution is 5.95. The van der Waals surface area contributed by atoms with Crippen LogP contribution in [0.25, 0.3) is 0 Å². The molecule has 0 aromatic carbocycles. The minimum absolute atomic E-state index is 0.0547. The van der Waals surface area contributed by atoms with Crippen molar-refractivity contribution >= 4 is 11.9 Å². The van der Waals surface area contributed by atoms with E-state index in [4.69, 9.17) is 4.74 Å². The van der Waals surface area contributed by atoms with Gasteiger partial charge in [0.2, 0.25) is 0 Å². The molecule has 0 unspecified atom stereocenters. The number of esters is 1. The molecule has 0 saturated carbocycles. The Hall–Kier alpha value is -1.78. The molecule has 0 aliphatic carbocycles. The Morgan fingerprint density at radius 2 is 1.95 bits per heavy atom. The van der Waals surface area contributed by atoms with E-state index >= 15 is 0 Å². The second-order valence-electron chi connectivity index (χ2n) is 6.17. The van der Waals surface area contributed by atoms with Gasteiger partial charge in [0.1, 0.15) is 5.60 Å². The zero-order valence-corrected chi connectivity index (χ0v) is 13.4. The second kappa shape index (κ2) is 7.86. The largest absolute Gasteiger partial charge is 0.460 e. The van der Waals surface area contributed by atoms with Crippen LogP contribution in [0.3, 0.4) is 0 Å². The van der Waals surface area contributed by atoms with E-state index in [2.05, 4.69) is 10.3 Å². The molecule has 5 nitrogen and oxygen atoms in total. The predicted octanol–water partition coefficient (Wildman–Crippen LogP) is 2.96. The summed E-state index contributed by atoms with van der Waals surface area (Å²) in [7, 11) is 0. The lowest BCUT2D eigenvalue weighted by molar-refractivity contribution is -0.154. The van der Waals surface area contributed by atoms with Crippen LogP contribution in [-0.2, 0) is 9.53 Å². The summed E-state index contributed by atoms with van der Waals surface area (Å²) in [5, 5.41) is 2.88. The summed E-state index contributed by atoms with van der Waals surface area (Å²) < 4.78 is 5.23. The Bertz CT molecular complexity index is 472. The van der Waals surface area contributed by atoms with Crippen LogP contribution in [-0.4, -0.2) is 29.0 Å². The molecule has 0 spiro atoms. The average molecular weight is 294 g/mol. The van der Waals surface area contributed by atoms with Crippen LogP contribution in [0.2, 0.25) is 0 Å². The maximum atomic E-state index is 11.8. The van der Waals surface area contributed by atoms with Crippen LogP contribution in [0.4, 0.5) is 0 Å². The van der Waals surface area contributed by atoms with Gasteiger partial charge in [-0.15, -0.1) is 0 Å². The van der Waals surface area contributed by atoms with Gasteiger partial charge in [0.25, 0.3) is 5.91 Å². The van der Waals surface area contributed by atoms with Crippen molar-refractivity contribution in [1.29, 1.82) is 0 Å². The van der Waals surface area contributed by atoms with E-state index in [0.717, 1.165) is 25.0 Å². The lowest BCUT2D eigenvalue weighted by atomic mass is 10.1. The van der Waals surface area contributed by atoms with Crippen LogP contribution in [0, 0.1) is 6.92 Å². The summed E-state index contributed by atoms with van der Waals surface area (Å²) in [6.07, 6.45) is 4.73. The molecule has 1 heterocycles. The van der Waals surface area contributed by atoms with Gasteiger partial charge >= 0.3 is 5.97 Å². The Morgan fingerprint density at radius 1 is 1.24 bits per heavy atom. The Labute approximate surface area is 126 Å². The number of hydrogen-bond acceptors (Lipinski definition) is 3. The minimum atomic E-state index is -0.417. The summed E-state index contributed by atoms with van der Waals surface area (Å²) in [5.74, 6) is -0.213. The lowest BCUT2D eigenvalue weighted by Gasteiger charge is -2.19. The smallest absolute Gasteiger partial charge is 0.306 e. The number of aromatic nitrogens is 1. The number of ether oxygens (including phenoxy) is 1. The number of nitrogens with one attached hydrogen (secondary N) is 2. The quantitative estimate of drug-likeness (QED) is 0.600. The van der Waals surface area contributed by atoms with Crippen LogP contribution in [0.15, 0.2) is 12.3 Å². The van der Waals surface area contributed by atoms with Crippen molar-refractivity contribution in [2.45, 2.75) is 59.0 Å². The van der Waals surface area contributed by atoms with Crippen molar-refractivity contribution in [3.05, 3.63) is 23.5 Å². The first kappa shape index (κ1) is 17.3. The predicted molar refractivity (Wildman–Crippen MR) is 82.2 cm³/mol. The van der Waals surface area contributed by atoms with Crippen LogP contribution >= 0.6 is 0 Å². The number of aromatic amines is 1. The number of carbonyl (C=O) groups excluding carboxylic acids is 2. The number of unbranched alkanes of at least 4 members (excludes halogenated alkanes) is 2. The first-order valence-electron chi connectivity index (χ1n) is 7.43. The fraction of sp³-hybridized carbons (Fsp3) is 0.625. The molecule has 118 valence electrons. The van der Waals surface area contributed by atoms with Crippen LogP contribution in [0.5, 0.6) is 0 Å². The molecule has 0 atom stereocenters. The highest BCUT2D eigenvalue weighted by Gasteiger charge is 2.15. The first-order valence-corrected chi connectivity index (χ1v) is 7.43. The zero-order chi connectivity index (χ0) is 15.9. The van der Waals surface area contributed by atoms with E-state index in [-0.39, 0.29) is 11.9 Å². The van der Waals surface area contributed by atoms with Crippen molar-refractivity contribution < 1.29 is 14.3 Å². The topological polar surface area (TPSA) is 71.2 Å². The SMILES string of the molecule is Cc1[nH]ccc1C(=O)NCCCCCC(=O)OC(C)(C)C. The lowest BCUT2D eigenvalue weighted by Crippen LogP contribution is -2.25. The molecule has 0 saturated heterocycles. The Balaban J connectivity index is 2.09. The summed E-state index contributed by atoms with van der Waals surface area (Å²) in [4.78, 5) is 26.3. The maximum absolute atomic E-state index is 11.8. The van der Waals surface area contributed by atoms with Crippen molar-refractivity contribution in [2.24, 2.45) is 0 Å². The third-order valence-corrected chi connectivity index (χ3v) is 2.96. The van der Waals surface area contributed by atoms with Gasteiger partial charge in [-0.25, -0.2) is 0 Å². The molecular weight excluding hydrogens is 268 g/mol. The number of H-pyrrole nitrogens is 1. The molecule has 21 heavy (non-hydrogen) atoms. The second-order valence-corrected chi connectivity index (χ2v) is 6.17. The maximum Gasteiger partial charge on any atom is 0.306 e. The fourth-order valence-electron chi connectivity index (χ4n) is 1.96. The molecule has 1 aromatic heterocycles. The molecule has 0 aliphatic heterocycles. The number of rotatable bonds is 7. The van der Waals surface area contributed by atoms with Crippen molar-refractivity contribution in [3.63, 3.8) is 0 Å². The normalized spacial score (nSPS) is 11.2. The highest BCUT2D eigenvalue weighted by atomic mass is 16.6. The van der Waals surface area contributed by atoms with Gasteiger partial charge in [-0.05, 0) is 46.6 Å². The molecule has 1 aromatic rings. The number of aryl methyl sites for hydroxylation is 1. The molecule has 0 aliphatic rings. The molecule has 0 bridgehead atoms. The summed E-state index contributed by atoms with van der Waals surface area (Å²) in [6.45, 7) is 8.09. The minimum Gasteiger partial charge on any atom is -0.460 e. The van der Waals surface area contributed by atoms with Gasteiger partial charge in [0, 0.05) is 24.9 Å². The van der Waals surface area contributed by atoms with E-state index in [1.807, 2.05) is 27.7 Å². The molecule has 5 heteroatoms. The monoisotopic (exact) mass is 294 g/mol. The molecule has 1 rings (SSSR count). The van der Waals surface area contributed by atoms with E-state index in [1.54, 1.807) is 12.3 Å². The summed E-state index contributed by atoms with van der Waals surface area (Å²) >= 11 is 0. The summed E-state index contributed by atoms with van der Waals surface area (Å²) in [5.41, 5.74) is 1.14. The van der Waals surface area contributed by atoms with Crippen molar-refractivity contribution in [2.75, 3.05) is 6.54 Å². The molecule has 2 N–H and O–H groups in total. The zero-order valence-electron chi connectivity index (χ0n) is 13.4. The van der Waals surface area contributed by atoms with Crippen LogP contribution in [0.1, 0.15) is 62.5 Å². The van der Waals surface area contributed by atoms with E-state index in [0.29, 0.717) is 18.5 Å². The third kappa shape index (κ3) is 6.97. The standard InChI is InChI=1S/C16H26N2O3/c1-12-13(9-11-17-12)15(20)18-10-7-5-6-8-14(19)21-16(2,3)4/h9,11,17H,5-8,10H2,1-4H3,(H,18,20). The van der Waals surface area contributed by atoms with Crippen molar-refractivity contribution in [1.82, 2.24) is 10.3 Å². The molecule has 0 radical (unpaired) electrons. The fourth-order valence-corrected chi connectivity index (χ4v) is 1.96. The van der Waals surface area contributed by atoms with Gasteiger partial charge < -0.3 is 15.0 Å². The molecule has 0 fully saturated rings. The van der Waals surface area contributed by atoms with E-state index < -0.39 is 5.60 Å². The first-order chi connectivity index (χ1) is 9.79. The summed E-state index contributed by atoms with van der Waals surface area (Å²) in [6, 6.07) is 1.77. The van der Waals surface area contributed by atoms with Crippen LogP contribution < -0.4 is 5.32 Å². The average Bonchev–Trinajstić information content (AvgIpc) is 2.77. The number of carbonyl (C=O) groups is 2. The van der Waals surface area contributed by atoms with Gasteiger partial charge in [-0.3, -0.25) is 9.59 Å². The molecular formula is C16H26N2O3. The van der Waals surface area contributed by atoms with Gasteiger partial charge in [-0.2, -0.15) is 0 Å². The van der Waals surface area contributed by atoms with E-state index in [9.17, 15) is 9.59 Å². The van der Waals surface area contributed by atoms with Gasteiger partial charge in [0.15, 0.2) is 0 Å². The number of amides is 1. The number of hydrogen-bond donors (Lipinski definition) is 2. The highest BCUT2D eigenvalue weighted by Crippen LogP contribution is 2.10. The molecule has 1 amide bonds. The Morgan fingerprint density at radius 3 is 2.52 bits per heavy atom. The van der Waals surface area contributed by atoms with E-state index in [1.165, 1.54) is 0 Å². The van der Waals surface area contributed by atoms with Gasteiger partial charge in [-0.1, -0.05) is 6.42 Å². The third-order valence-electron chi connectivity index (χ3n) is 2.96. The van der Waals surface area contributed by atoms with Gasteiger partial charge in [0.05, 0.1) is 5.56 Å². The van der Waals surface area contributed by atoms with Crippen molar-refractivity contribution in [3.8, 4) is 0 Å².